The maximum Gasteiger partial charge on any atom is 0.00608 e. The maximum absolute atomic E-state index is 2.27. The van der Waals surface area contributed by atoms with Crippen molar-refractivity contribution in [2.24, 2.45) is 0 Å². The van der Waals surface area contributed by atoms with E-state index in [1.165, 1.54) is 19.3 Å². The highest BCUT2D eigenvalue weighted by atomic mass is 15.1. The Kier molecular flexibility index (Phi) is 12.3. The van der Waals surface area contributed by atoms with Gasteiger partial charge in [0.05, 0.1) is 0 Å². The Hall–Kier alpha value is -0.0400. The molecule has 11 heavy (non-hydrogen) atoms. The van der Waals surface area contributed by atoms with Gasteiger partial charge in [-0.3, -0.25) is 0 Å². The van der Waals surface area contributed by atoms with Gasteiger partial charge < -0.3 is 4.90 Å². The van der Waals surface area contributed by atoms with Gasteiger partial charge in [-0.2, -0.15) is 0 Å². The van der Waals surface area contributed by atoms with Crippen molar-refractivity contribution in [3.63, 3.8) is 0 Å². The molecule has 0 N–H and O–H groups in total. The highest BCUT2D eigenvalue weighted by molar-refractivity contribution is 4.57. The minimum Gasteiger partial charge on any atom is -0.307 e. The van der Waals surface area contributed by atoms with Gasteiger partial charge in [-0.15, -0.1) is 0 Å². The zero-order valence-corrected chi connectivity index (χ0v) is 9.15. The Morgan fingerprint density at radius 1 is 1.18 bits per heavy atom. The van der Waals surface area contributed by atoms with Crippen LogP contribution in [-0.2, 0) is 0 Å². The first kappa shape index (κ1) is 13.5. The van der Waals surface area contributed by atoms with E-state index in [0.717, 1.165) is 6.04 Å². The summed E-state index contributed by atoms with van der Waals surface area (Å²) in [6.45, 7) is 8.51. The van der Waals surface area contributed by atoms with E-state index >= 15 is 0 Å². The SMILES string of the molecule is CC.CCCCC(C)N(C)C. The fraction of sp³-hybridized carbons (Fsp3) is 1.00. The van der Waals surface area contributed by atoms with Crippen LogP contribution < -0.4 is 0 Å². The Bertz CT molecular complexity index is 59.9. The molecule has 0 rings (SSSR count). The lowest BCUT2D eigenvalue weighted by Gasteiger charge is -2.18. The first-order chi connectivity index (χ1) is 5.18. The van der Waals surface area contributed by atoms with E-state index in [4.69, 9.17) is 0 Å². The van der Waals surface area contributed by atoms with Gasteiger partial charge in [-0.05, 0) is 27.4 Å². The molecule has 0 heterocycles. The van der Waals surface area contributed by atoms with Crippen LogP contribution in [0, 0.1) is 0 Å². The van der Waals surface area contributed by atoms with Crippen molar-refractivity contribution in [2.45, 2.75) is 53.0 Å². The van der Waals surface area contributed by atoms with Crippen molar-refractivity contribution in [1.29, 1.82) is 0 Å². The zero-order chi connectivity index (χ0) is 9.28. The van der Waals surface area contributed by atoms with Crippen molar-refractivity contribution in [3.8, 4) is 0 Å². The summed E-state index contributed by atoms with van der Waals surface area (Å²) in [5.41, 5.74) is 0. The molecule has 70 valence electrons. The molecule has 1 atom stereocenters. The number of rotatable bonds is 4. The van der Waals surface area contributed by atoms with Crippen LogP contribution in [-0.4, -0.2) is 25.0 Å². The molecule has 0 aromatic carbocycles. The van der Waals surface area contributed by atoms with Crippen molar-refractivity contribution in [2.75, 3.05) is 14.1 Å². The predicted octanol–water partition coefficient (Wildman–Crippen LogP) is 3.15. The smallest absolute Gasteiger partial charge is 0.00608 e. The summed E-state index contributed by atoms with van der Waals surface area (Å²) in [7, 11) is 4.28. The molecular weight excluding hydrogens is 134 g/mol. The maximum atomic E-state index is 2.27. The molecule has 0 aliphatic heterocycles. The van der Waals surface area contributed by atoms with Gasteiger partial charge in [0.2, 0.25) is 0 Å². The molecule has 1 unspecified atom stereocenters. The lowest BCUT2D eigenvalue weighted by Crippen LogP contribution is -2.24. The van der Waals surface area contributed by atoms with Crippen LogP contribution >= 0.6 is 0 Å². The van der Waals surface area contributed by atoms with Crippen LogP contribution in [0.25, 0.3) is 0 Å². The van der Waals surface area contributed by atoms with Gasteiger partial charge in [-0.25, -0.2) is 0 Å². The van der Waals surface area contributed by atoms with Crippen LogP contribution in [0.4, 0.5) is 0 Å². The minimum absolute atomic E-state index is 0.755. The normalized spacial score (nSPS) is 12.3. The number of unbranched alkanes of at least 4 members (excludes halogenated alkanes) is 1. The van der Waals surface area contributed by atoms with E-state index in [-0.39, 0.29) is 0 Å². The third kappa shape index (κ3) is 9.96. The fourth-order valence-corrected chi connectivity index (χ4v) is 0.758. The van der Waals surface area contributed by atoms with E-state index in [0.29, 0.717) is 0 Å². The molecule has 0 aliphatic carbocycles. The first-order valence-corrected chi connectivity index (χ1v) is 4.85. The average molecular weight is 159 g/mol. The second kappa shape index (κ2) is 9.96. The van der Waals surface area contributed by atoms with Crippen molar-refractivity contribution in [1.82, 2.24) is 4.90 Å². The second-order valence-corrected chi connectivity index (χ2v) is 2.95. The molecular formula is C10H25N. The quantitative estimate of drug-likeness (QED) is 0.609. The molecule has 0 aromatic heterocycles. The summed E-state index contributed by atoms with van der Waals surface area (Å²) in [6.07, 6.45) is 4.01. The summed E-state index contributed by atoms with van der Waals surface area (Å²) in [5, 5.41) is 0. The van der Waals surface area contributed by atoms with Crippen LogP contribution in [0.1, 0.15) is 47.0 Å². The van der Waals surface area contributed by atoms with Gasteiger partial charge in [0.15, 0.2) is 0 Å². The monoisotopic (exact) mass is 159 g/mol. The summed E-state index contributed by atoms with van der Waals surface area (Å²) in [5.74, 6) is 0. The molecule has 1 heteroatoms. The predicted molar refractivity (Wildman–Crippen MR) is 54.0 cm³/mol. The molecule has 0 spiro atoms. The van der Waals surface area contributed by atoms with Gasteiger partial charge in [-0.1, -0.05) is 33.6 Å². The van der Waals surface area contributed by atoms with Crippen LogP contribution in [0.2, 0.25) is 0 Å². The minimum atomic E-state index is 0.755. The van der Waals surface area contributed by atoms with Gasteiger partial charge in [0.25, 0.3) is 0 Å². The largest absolute Gasteiger partial charge is 0.307 e. The molecule has 0 aliphatic rings. The zero-order valence-electron chi connectivity index (χ0n) is 9.15. The van der Waals surface area contributed by atoms with Gasteiger partial charge in [0.1, 0.15) is 0 Å². The molecule has 0 amide bonds. The molecule has 0 saturated heterocycles. The van der Waals surface area contributed by atoms with E-state index in [1.54, 1.807) is 0 Å². The second-order valence-electron chi connectivity index (χ2n) is 2.95. The number of hydrogen-bond acceptors (Lipinski definition) is 1. The Balaban J connectivity index is 0. The van der Waals surface area contributed by atoms with Crippen molar-refractivity contribution >= 4 is 0 Å². The Morgan fingerprint density at radius 3 is 1.91 bits per heavy atom. The number of nitrogens with zero attached hydrogens (tertiary/aromatic N) is 1. The van der Waals surface area contributed by atoms with Crippen LogP contribution in [0.15, 0.2) is 0 Å². The van der Waals surface area contributed by atoms with E-state index in [9.17, 15) is 0 Å². The van der Waals surface area contributed by atoms with Crippen molar-refractivity contribution in [3.05, 3.63) is 0 Å². The standard InChI is InChI=1S/C8H19N.C2H6/c1-5-6-7-8(2)9(3)4;1-2/h8H,5-7H2,1-4H3;1-2H3. The number of hydrogen-bond donors (Lipinski definition) is 0. The summed E-state index contributed by atoms with van der Waals surface area (Å²) in [4.78, 5) is 2.27. The molecule has 0 radical (unpaired) electrons. The van der Waals surface area contributed by atoms with Crippen LogP contribution in [0.5, 0.6) is 0 Å². The molecule has 0 saturated carbocycles. The summed E-state index contributed by atoms with van der Waals surface area (Å²) < 4.78 is 0. The first-order valence-electron chi connectivity index (χ1n) is 4.85. The molecule has 1 nitrogen and oxygen atoms in total. The van der Waals surface area contributed by atoms with E-state index in [1.807, 2.05) is 13.8 Å². The van der Waals surface area contributed by atoms with E-state index in [2.05, 4.69) is 32.8 Å². The Morgan fingerprint density at radius 2 is 1.64 bits per heavy atom. The molecule has 0 bridgehead atoms. The highest BCUT2D eigenvalue weighted by Gasteiger charge is 2.01. The third-order valence-electron chi connectivity index (χ3n) is 1.86. The van der Waals surface area contributed by atoms with Crippen molar-refractivity contribution < 1.29 is 0 Å². The lowest BCUT2D eigenvalue weighted by molar-refractivity contribution is 0.293. The summed E-state index contributed by atoms with van der Waals surface area (Å²) in [6, 6.07) is 0.755. The third-order valence-corrected chi connectivity index (χ3v) is 1.86. The molecule has 0 fully saturated rings. The van der Waals surface area contributed by atoms with Gasteiger partial charge in [0, 0.05) is 6.04 Å². The average Bonchev–Trinajstić information content (AvgIpc) is 2.03. The fourth-order valence-electron chi connectivity index (χ4n) is 0.758. The topological polar surface area (TPSA) is 3.24 Å². The summed E-state index contributed by atoms with van der Waals surface area (Å²) >= 11 is 0. The Labute approximate surface area is 72.8 Å². The lowest BCUT2D eigenvalue weighted by atomic mass is 10.1. The molecule has 0 aromatic rings. The highest BCUT2D eigenvalue weighted by Crippen LogP contribution is 2.03. The van der Waals surface area contributed by atoms with Gasteiger partial charge >= 0.3 is 0 Å². The van der Waals surface area contributed by atoms with Crippen LogP contribution in [0.3, 0.4) is 0 Å². The van der Waals surface area contributed by atoms with E-state index < -0.39 is 0 Å².